The molecule has 1 aliphatic rings. The summed E-state index contributed by atoms with van der Waals surface area (Å²) in [5.41, 5.74) is 1.78. The molecular weight excluding hydrogens is 407 g/mol. The van der Waals surface area contributed by atoms with Gasteiger partial charge in [0.2, 0.25) is 5.91 Å². The molecular formula is C23H26F3N3O2. The number of amides is 2. The maximum absolute atomic E-state index is 13.1. The minimum atomic E-state index is -5.06. The number of nitrogens with one attached hydrogen (secondary N) is 2. The van der Waals surface area contributed by atoms with Crippen LogP contribution in [0.5, 0.6) is 0 Å². The number of nitrogens with zero attached hydrogens (tertiary/aromatic N) is 1. The summed E-state index contributed by atoms with van der Waals surface area (Å²) in [5.74, 6) is -2.73. The van der Waals surface area contributed by atoms with Crippen molar-refractivity contribution >= 4 is 17.5 Å². The SMILES string of the molecule is Cc1cc(C)cc(NC(=O)C2(NC(=O)C(F)(F)F)CCN(Cc3ccccc3)CC2)c1. The molecule has 2 N–H and O–H groups in total. The van der Waals surface area contributed by atoms with Crippen LogP contribution in [0.25, 0.3) is 0 Å². The number of hydrogen-bond donors (Lipinski definition) is 2. The van der Waals surface area contributed by atoms with E-state index in [1.807, 2.05) is 55.6 Å². The molecule has 1 saturated heterocycles. The lowest BCUT2D eigenvalue weighted by atomic mass is 9.85. The van der Waals surface area contributed by atoms with E-state index in [9.17, 15) is 22.8 Å². The lowest BCUT2D eigenvalue weighted by Crippen LogP contribution is -2.63. The van der Waals surface area contributed by atoms with E-state index in [0.717, 1.165) is 16.7 Å². The fraction of sp³-hybridized carbons (Fsp3) is 0.391. The standard InChI is InChI=1S/C23H26F3N3O2/c1-16-12-17(2)14-19(13-16)27-20(30)22(28-21(31)23(24,25)26)8-10-29(11-9-22)15-18-6-4-3-5-7-18/h3-7,12-14H,8-11,15H2,1-2H3,(H,27,30)(H,28,31). The molecule has 3 rings (SSSR count). The van der Waals surface area contributed by atoms with Gasteiger partial charge < -0.3 is 10.6 Å². The Bertz CT molecular complexity index is 917. The molecule has 0 aliphatic carbocycles. The predicted octanol–water partition coefficient (Wildman–Crippen LogP) is 3.96. The van der Waals surface area contributed by atoms with Crippen LogP contribution < -0.4 is 10.6 Å². The molecule has 2 amide bonds. The van der Waals surface area contributed by atoms with Crippen molar-refractivity contribution in [2.75, 3.05) is 18.4 Å². The number of rotatable bonds is 5. The van der Waals surface area contributed by atoms with E-state index in [2.05, 4.69) is 10.2 Å². The molecule has 0 unspecified atom stereocenters. The summed E-state index contributed by atoms with van der Waals surface area (Å²) >= 11 is 0. The van der Waals surface area contributed by atoms with Crippen molar-refractivity contribution in [2.24, 2.45) is 0 Å². The van der Waals surface area contributed by atoms with Crippen LogP contribution in [0.4, 0.5) is 18.9 Å². The summed E-state index contributed by atoms with van der Waals surface area (Å²) < 4.78 is 38.9. The van der Waals surface area contributed by atoms with Crippen LogP contribution in [0.3, 0.4) is 0 Å². The average molecular weight is 433 g/mol. The molecule has 5 nitrogen and oxygen atoms in total. The topological polar surface area (TPSA) is 61.4 Å². The van der Waals surface area contributed by atoms with Gasteiger partial charge in [-0.05, 0) is 55.5 Å². The van der Waals surface area contributed by atoms with E-state index >= 15 is 0 Å². The van der Waals surface area contributed by atoms with E-state index in [0.29, 0.717) is 25.3 Å². The van der Waals surface area contributed by atoms with Crippen molar-refractivity contribution in [3.63, 3.8) is 0 Å². The van der Waals surface area contributed by atoms with Gasteiger partial charge in [0, 0.05) is 25.3 Å². The van der Waals surface area contributed by atoms with Gasteiger partial charge in [-0.1, -0.05) is 36.4 Å². The highest BCUT2D eigenvalue weighted by Crippen LogP contribution is 2.28. The number of carbonyl (C=O) groups is 2. The smallest absolute Gasteiger partial charge is 0.334 e. The van der Waals surface area contributed by atoms with Crippen molar-refractivity contribution in [2.45, 2.75) is 44.9 Å². The highest BCUT2D eigenvalue weighted by Gasteiger charge is 2.48. The van der Waals surface area contributed by atoms with Gasteiger partial charge in [-0.3, -0.25) is 14.5 Å². The third kappa shape index (κ3) is 5.85. The van der Waals surface area contributed by atoms with Gasteiger partial charge >= 0.3 is 12.1 Å². The molecule has 0 saturated carbocycles. The second kappa shape index (κ2) is 9.09. The van der Waals surface area contributed by atoms with Gasteiger partial charge in [-0.15, -0.1) is 0 Å². The maximum atomic E-state index is 13.1. The van der Waals surface area contributed by atoms with Crippen LogP contribution in [0, 0.1) is 13.8 Å². The van der Waals surface area contributed by atoms with Crippen LogP contribution in [-0.2, 0) is 16.1 Å². The first-order valence-electron chi connectivity index (χ1n) is 10.1. The van der Waals surface area contributed by atoms with E-state index in [-0.39, 0.29) is 12.8 Å². The van der Waals surface area contributed by atoms with Gasteiger partial charge in [0.1, 0.15) is 5.54 Å². The molecule has 0 bridgehead atoms. The fourth-order valence-electron chi connectivity index (χ4n) is 3.93. The molecule has 8 heteroatoms. The Labute approximate surface area is 179 Å². The molecule has 0 atom stereocenters. The normalized spacial score (nSPS) is 16.5. The van der Waals surface area contributed by atoms with E-state index in [1.165, 1.54) is 0 Å². The first-order chi connectivity index (χ1) is 14.6. The summed E-state index contributed by atoms with van der Waals surface area (Å²) in [6.45, 7) is 5.13. The van der Waals surface area contributed by atoms with Crippen LogP contribution >= 0.6 is 0 Å². The van der Waals surface area contributed by atoms with Crippen LogP contribution in [0.2, 0.25) is 0 Å². The Hall–Kier alpha value is -2.87. The lowest BCUT2D eigenvalue weighted by Gasteiger charge is -2.41. The Kier molecular flexibility index (Phi) is 6.69. The highest BCUT2D eigenvalue weighted by atomic mass is 19.4. The number of likely N-dealkylation sites (tertiary alicyclic amines) is 1. The molecule has 2 aromatic rings. The summed E-state index contributed by atoms with van der Waals surface area (Å²) in [4.78, 5) is 26.9. The lowest BCUT2D eigenvalue weighted by molar-refractivity contribution is -0.176. The maximum Gasteiger partial charge on any atom is 0.471 e. The molecule has 31 heavy (non-hydrogen) atoms. The number of aryl methyl sites for hydroxylation is 2. The molecule has 0 radical (unpaired) electrons. The Balaban J connectivity index is 1.77. The highest BCUT2D eigenvalue weighted by molar-refractivity contribution is 6.01. The average Bonchev–Trinajstić information content (AvgIpc) is 2.69. The van der Waals surface area contributed by atoms with Crippen molar-refractivity contribution in [3.05, 3.63) is 65.2 Å². The summed E-state index contributed by atoms with van der Waals surface area (Å²) in [6.07, 6.45) is -4.90. The van der Waals surface area contributed by atoms with Gasteiger partial charge in [-0.2, -0.15) is 13.2 Å². The predicted molar refractivity (Wildman–Crippen MR) is 112 cm³/mol. The number of anilines is 1. The third-order valence-corrected chi connectivity index (χ3v) is 5.48. The minimum absolute atomic E-state index is 0.0816. The van der Waals surface area contributed by atoms with Gasteiger partial charge in [0.15, 0.2) is 0 Å². The minimum Gasteiger partial charge on any atom is -0.334 e. The molecule has 2 aromatic carbocycles. The first-order valence-corrected chi connectivity index (χ1v) is 10.1. The number of alkyl halides is 3. The second-order valence-electron chi connectivity index (χ2n) is 8.13. The number of piperidine rings is 1. The van der Waals surface area contributed by atoms with E-state index in [1.54, 1.807) is 12.1 Å². The molecule has 1 aliphatic heterocycles. The van der Waals surface area contributed by atoms with Crippen LogP contribution in [0.1, 0.15) is 29.5 Å². The number of halogens is 3. The van der Waals surface area contributed by atoms with Crippen molar-refractivity contribution in [1.29, 1.82) is 0 Å². The van der Waals surface area contributed by atoms with E-state index < -0.39 is 23.5 Å². The number of carbonyl (C=O) groups excluding carboxylic acids is 2. The quantitative estimate of drug-likeness (QED) is 0.751. The zero-order valence-corrected chi connectivity index (χ0v) is 17.6. The van der Waals surface area contributed by atoms with E-state index in [4.69, 9.17) is 0 Å². The number of benzene rings is 2. The largest absolute Gasteiger partial charge is 0.471 e. The summed E-state index contributed by atoms with van der Waals surface area (Å²) in [5, 5.41) is 4.72. The number of hydrogen-bond acceptors (Lipinski definition) is 3. The Morgan fingerprint density at radius 1 is 1.00 bits per heavy atom. The van der Waals surface area contributed by atoms with Crippen LogP contribution in [0.15, 0.2) is 48.5 Å². The monoisotopic (exact) mass is 433 g/mol. The Morgan fingerprint density at radius 3 is 2.13 bits per heavy atom. The fourth-order valence-corrected chi connectivity index (χ4v) is 3.93. The molecule has 0 aromatic heterocycles. The Morgan fingerprint density at radius 2 is 1.58 bits per heavy atom. The van der Waals surface area contributed by atoms with Gasteiger partial charge in [0.05, 0.1) is 0 Å². The van der Waals surface area contributed by atoms with Gasteiger partial charge in [0.25, 0.3) is 0 Å². The van der Waals surface area contributed by atoms with Crippen molar-refractivity contribution in [1.82, 2.24) is 10.2 Å². The second-order valence-corrected chi connectivity index (χ2v) is 8.13. The zero-order chi connectivity index (χ0) is 22.6. The van der Waals surface area contributed by atoms with Gasteiger partial charge in [-0.25, -0.2) is 0 Å². The summed E-state index contributed by atoms with van der Waals surface area (Å²) in [6, 6.07) is 15.1. The molecule has 166 valence electrons. The molecule has 0 spiro atoms. The summed E-state index contributed by atoms with van der Waals surface area (Å²) in [7, 11) is 0. The van der Waals surface area contributed by atoms with Crippen molar-refractivity contribution in [3.8, 4) is 0 Å². The zero-order valence-electron chi connectivity index (χ0n) is 17.6. The first kappa shape index (κ1) is 22.8. The third-order valence-electron chi connectivity index (χ3n) is 5.48. The van der Waals surface area contributed by atoms with Crippen LogP contribution in [-0.4, -0.2) is 41.5 Å². The van der Waals surface area contributed by atoms with Crippen molar-refractivity contribution < 1.29 is 22.8 Å². The molecule has 1 fully saturated rings. The molecule has 1 heterocycles.